The van der Waals surface area contributed by atoms with Gasteiger partial charge in [-0.2, -0.15) is 0 Å². The van der Waals surface area contributed by atoms with Crippen molar-refractivity contribution in [3.05, 3.63) is 0 Å². The summed E-state index contributed by atoms with van der Waals surface area (Å²) in [6.07, 6.45) is -0.695. The van der Waals surface area contributed by atoms with Crippen LogP contribution in [0, 0.1) is 0 Å². The van der Waals surface area contributed by atoms with Crippen molar-refractivity contribution in [1.82, 2.24) is 15.1 Å². The maximum atomic E-state index is 12.2. The molecule has 0 aromatic rings. The largest absolute Gasteiger partial charge is 0.444 e. The molecule has 1 fully saturated rings. The lowest BCUT2D eigenvalue weighted by molar-refractivity contribution is -0.136. The Morgan fingerprint density at radius 1 is 1.25 bits per heavy atom. The number of carbonyl (C=O) groups excluding carboxylic acids is 2. The molecule has 20 heavy (non-hydrogen) atoms. The van der Waals surface area contributed by atoms with Crippen LogP contribution in [0.5, 0.6) is 0 Å². The molecule has 0 radical (unpaired) electrons. The summed E-state index contributed by atoms with van der Waals surface area (Å²) in [6, 6.07) is -0.951. The smallest absolute Gasteiger partial charge is 0.408 e. The topological polar surface area (TPSA) is 82.1 Å². The fourth-order valence-electron chi connectivity index (χ4n) is 1.88. The molecule has 1 rings (SSSR count). The van der Waals surface area contributed by atoms with Gasteiger partial charge in [0.1, 0.15) is 11.6 Å². The lowest BCUT2D eigenvalue weighted by Gasteiger charge is -2.34. The minimum Gasteiger partial charge on any atom is -0.444 e. The van der Waals surface area contributed by atoms with Crippen LogP contribution in [0.2, 0.25) is 0 Å². The molecule has 2 amide bonds. The summed E-state index contributed by atoms with van der Waals surface area (Å²) < 4.78 is 5.08. The minimum absolute atomic E-state index is 0.272. The third-order valence-corrected chi connectivity index (χ3v) is 2.99. The first-order chi connectivity index (χ1) is 9.23. The Kier molecular flexibility index (Phi) is 5.76. The molecule has 7 nitrogen and oxygen atoms in total. The Morgan fingerprint density at radius 2 is 1.80 bits per heavy atom. The highest BCUT2D eigenvalue weighted by atomic mass is 16.6. The van der Waals surface area contributed by atoms with Gasteiger partial charge in [-0.05, 0) is 27.8 Å². The highest BCUT2D eigenvalue weighted by molar-refractivity contribution is 5.86. The van der Waals surface area contributed by atoms with Gasteiger partial charge in [0.05, 0.1) is 6.61 Å². The van der Waals surface area contributed by atoms with Crippen molar-refractivity contribution >= 4 is 12.0 Å². The first-order valence-corrected chi connectivity index (χ1v) is 6.80. The van der Waals surface area contributed by atoms with Gasteiger partial charge in [0, 0.05) is 26.2 Å². The van der Waals surface area contributed by atoms with Crippen molar-refractivity contribution in [2.45, 2.75) is 32.4 Å². The summed E-state index contributed by atoms with van der Waals surface area (Å²) >= 11 is 0. The number of piperazine rings is 1. The third kappa shape index (κ3) is 5.34. The molecule has 0 bridgehead atoms. The molecule has 2 N–H and O–H groups in total. The van der Waals surface area contributed by atoms with Crippen LogP contribution in [0.3, 0.4) is 0 Å². The molecule has 0 aromatic carbocycles. The molecule has 0 saturated carbocycles. The molecule has 1 saturated heterocycles. The third-order valence-electron chi connectivity index (χ3n) is 2.99. The molecule has 0 unspecified atom stereocenters. The van der Waals surface area contributed by atoms with Crippen LogP contribution in [0.1, 0.15) is 20.8 Å². The van der Waals surface area contributed by atoms with E-state index in [2.05, 4.69) is 10.2 Å². The number of likely N-dealkylation sites (N-methyl/N-ethyl adjacent to an activating group) is 1. The molecule has 0 spiro atoms. The number of ether oxygens (including phenoxy) is 1. The fourth-order valence-corrected chi connectivity index (χ4v) is 1.88. The average molecular weight is 287 g/mol. The van der Waals surface area contributed by atoms with Crippen LogP contribution in [-0.2, 0) is 9.53 Å². The van der Waals surface area contributed by atoms with Gasteiger partial charge in [0.25, 0.3) is 0 Å². The highest BCUT2D eigenvalue weighted by Crippen LogP contribution is 2.08. The number of carbonyl (C=O) groups is 2. The van der Waals surface area contributed by atoms with Crippen molar-refractivity contribution in [2.75, 3.05) is 39.8 Å². The predicted octanol–water partition coefficient (Wildman–Crippen LogP) is -0.354. The minimum atomic E-state index is -0.951. The molecule has 1 heterocycles. The summed E-state index contributed by atoms with van der Waals surface area (Å²) in [7, 11) is 1.99. The van der Waals surface area contributed by atoms with Crippen molar-refractivity contribution in [3.8, 4) is 0 Å². The van der Waals surface area contributed by atoms with Gasteiger partial charge in [0.15, 0.2) is 0 Å². The van der Waals surface area contributed by atoms with Crippen molar-refractivity contribution < 1.29 is 19.4 Å². The van der Waals surface area contributed by atoms with Gasteiger partial charge >= 0.3 is 6.09 Å². The van der Waals surface area contributed by atoms with Crippen molar-refractivity contribution in [3.63, 3.8) is 0 Å². The van der Waals surface area contributed by atoms with E-state index in [0.717, 1.165) is 13.1 Å². The molecule has 1 atom stereocenters. The number of alkyl carbamates (subject to hydrolysis) is 1. The van der Waals surface area contributed by atoms with E-state index in [4.69, 9.17) is 4.74 Å². The van der Waals surface area contributed by atoms with Crippen molar-refractivity contribution in [2.24, 2.45) is 0 Å². The Balaban J connectivity index is 2.53. The first kappa shape index (κ1) is 16.7. The van der Waals surface area contributed by atoms with Crippen molar-refractivity contribution in [1.29, 1.82) is 0 Å². The Labute approximate surface area is 119 Å². The van der Waals surface area contributed by atoms with Crippen LogP contribution in [0.25, 0.3) is 0 Å². The zero-order valence-corrected chi connectivity index (χ0v) is 12.7. The summed E-state index contributed by atoms with van der Waals surface area (Å²) in [5.74, 6) is -0.272. The summed E-state index contributed by atoms with van der Waals surface area (Å²) in [5.41, 5.74) is -0.638. The van der Waals surface area contributed by atoms with Crippen LogP contribution in [0.15, 0.2) is 0 Å². The summed E-state index contributed by atoms with van der Waals surface area (Å²) in [4.78, 5) is 27.6. The van der Waals surface area contributed by atoms with E-state index >= 15 is 0 Å². The molecule has 0 aromatic heterocycles. The van der Waals surface area contributed by atoms with E-state index in [0.29, 0.717) is 13.1 Å². The van der Waals surface area contributed by atoms with E-state index in [1.54, 1.807) is 25.7 Å². The zero-order chi connectivity index (χ0) is 15.3. The maximum absolute atomic E-state index is 12.2. The molecule has 0 aliphatic carbocycles. The maximum Gasteiger partial charge on any atom is 0.408 e. The number of amides is 2. The molecular weight excluding hydrogens is 262 g/mol. The molecule has 116 valence electrons. The van der Waals surface area contributed by atoms with E-state index in [-0.39, 0.29) is 5.91 Å². The number of hydrogen-bond donors (Lipinski definition) is 2. The average Bonchev–Trinajstić information content (AvgIpc) is 2.34. The van der Waals surface area contributed by atoms with Crippen LogP contribution >= 0.6 is 0 Å². The summed E-state index contributed by atoms with van der Waals surface area (Å²) in [6.45, 7) is 7.55. The second kappa shape index (κ2) is 6.90. The van der Waals surface area contributed by atoms with Crippen LogP contribution in [-0.4, -0.2) is 78.4 Å². The SMILES string of the molecule is CN1CCN(C(=O)[C@H](CO)NC(=O)OC(C)(C)C)CC1. The molecular formula is C13H25N3O4. The normalized spacial score (nSPS) is 18.6. The number of nitrogens with zero attached hydrogens (tertiary/aromatic N) is 2. The quantitative estimate of drug-likeness (QED) is 0.741. The van der Waals surface area contributed by atoms with E-state index in [9.17, 15) is 14.7 Å². The van der Waals surface area contributed by atoms with Gasteiger partial charge in [-0.1, -0.05) is 0 Å². The second-order valence-corrected chi connectivity index (χ2v) is 6.01. The van der Waals surface area contributed by atoms with Gasteiger partial charge < -0.3 is 25.0 Å². The standard InChI is InChI=1S/C13H25N3O4/c1-13(2,3)20-12(19)14-10(9-17)11(18)16-7-5-15(4)6-8-16/h10,17H,5-9H2,1-4H3,(H,14,19)/t10-/m0/s1. The van der Waals surface area contributed by atoms with E-state index < -0.39 is 24.3 Å². The zero-order valence-electron chi connectivity index (χ0n) is 12.7. The molecule has 7 heteroatoms. The monoisotopic (exact) mass is 287 g/mol. The number of rotatable bonds is 3. The molecule has 1 aliphatic rings. The number of nitrogens with one attached hydrogen (secondary N) is 1. The van der Waals surface area contributed by atoms with Gasteiger partial charge in [-0.15, -0.1) is 0 Å². The van der Waals surface area contributed by atoms with E-state index in [1.165, 1.54) is 0 Å². The van der Waals surface area contributed by atoms with E-state index in [1.807, 2.05) is 7.05 Å². The van der Waals surface area contributed by atoms with Gasteiger partial charge in [0.2, 0.25) is 5.91 Å². The summed E-state index contributed by atoms with van der Waals surface area (Å²) in [5, 5.41) is 11.7. The Bertz CT molecular complexity index is 346. The Hall–Kier alpha value is -1.34. The van der Waals surface area contributed by atoms with Gasteiger partial charge in [-0.25, -0.2) is 4.79 Å². The lowest BCUT2D eigenvalue weighted by Crippen LogP contribution is -2.55. The predicted molar refractivity (Wildman–Crippen MR) is 74.3 cm³/mol. The van der Waals surface area contributed by atoms with Gasteiger partial charge in [-0.3, -0.25) is 4.79 Å². The number of hydrogen-bond acceptors (Lipinski definition) is 5. The lowest BCUT2D eigenvalue weighted by atomic mass is 10.2. The first-order valence-electron chi connectivity index (χ1n) is 6.80. The number of aliphatic hydroxyl groups is 1. The fraction of sp³-hybridized carbons (Fsp3) is 0.846. The highest BCUT2D eigenvalue weighted by Gasteiger charge is 2.28. The van der Waals surface area contributed by atoms with Crippen LogP contribution < -0.4 is 5.32 Å². The number of aliphatic hydroxyl groups excluding tert-OH is 1. The Morgan fingerprint density at radius 3 is 2.25 bits per heavy atom. The second-order valence-electron chi connectivity index (χ2n) is 6.01. The molecule has 1 aliphatic heterocycles. The van der Waals surface area contributed by atoms with Crippen LogP contribution in [0.4, 0.5) is 4.79 Å².